The van der Waals surface area contributed by atoms with Gasteiger partial charge in [-0.3, -0.25) is 19.7 Å². The van der Waals surface area contributed by atoms with E-state index in [9.17, 15) is 19.7 Å². The van der Waals surface area contributed by atoms with Crippen LogP contribution in [0.3, 0.4) is 0 Å². The molecular weight excluding hydrogens is 438 g/mol. The average Bonchev–Trinajstić information content (AvgIpc) is 3.28. The lowest BCUT2D eigenvalue weighted by molar-refractivity contribution is -0.384. The molecule has 0 fully saturated rings. The van der Waals surface area contributed by atoms with Crippen LogP contribution in [0.15, 0.2) is 60.8 Å². The number of carbonyl (C=O) groups excluding carboxylic acids is 2. The van der Waals surface area contributed by atoms with Gasteiger partial charge in [-0.15, -0.1) is 12.4 Å². The molecule has 0 saturated carbocycles. The molecule has 0 atom stereocenters. The molecule has 0 aliphatic heterocycles. The van der Waals surface area contributed by atoms with Crippen molar-refractivity contribution in [3.8, 4) is 5.75 Å². The number of hydrogen-bond acceptors (Lipinski definition) is 6. The molecule has 0 saturated heterocycles. The van der Waals surface area contributed by atoms with Gasteiger partial charge in [-0.25, -0.2) is 0 Å². The second kappa shape index (κ2) is 11.5. The molecule has 5 N–H and O–H groups in total. The van der Waals surface area contributed by atoms with Gasteiger partial charge in [0.15, 0.2) is 0 Å². The SMILES string of the molecule is Cl.NCCNC(=O)c1cccc(COc2ccccc2NC(=O)c2cc([N+](=O)[O-])c[nH]2)c1. The number of nitrogens with one attached hydrogen (secondary N) is 3. The van der Waals surface area contributed by atoms with Crippen molar-refractivity contribution < 1.29 is 19.2 Å². The van der Waals surface area contributed by atoms with Gasteiger partial charge in [0.25, 0.3) is 17.5 Å². The molecule has 2 aromatic carbocycles. The molecule has 11 heteroatoms. The van der Waals surface area contributed by atoms with E-state index in [2.05, 4.69) is 15.6 Å². The van der Waals surface area contributed by atoms with Crippen molar-refractivity contribution in [3.63, 3.8) is 0 Å². The van der Waals surface area contributed by atoms with Crippen LogP contribution in [0.2, 0.25) is 0 Å². The van der Waals surface area contributed by atoms with Crippen molar-refractivity contribution in [1.29, 1.82) is 0 Å². The Hall–Kier alpha value is -3.89. The van der Waals surface area contributed by atoms with Gasteiger partial charge in [0, 0.05) is 24.7 Å². The summed E-state index contributed by atoms with van der Waals surface area (Å²) in [6, 6.07) is 14.9. The number of anilines is 1. The van der Waals surface area contributed by atoms with E-state index in [1.807, 2.05) is 6.07 Å². The van der Waals surface area contributed by atoms with Gasteiger partial charge in [0.05, 0.1) is 16.8 Å². The zero-order valence-electron chi connectivity index (χ0n) is 16.9. The Morgan fingerprint density at radius 2 is 1.88 bits per heavy atom. The van der Waals surface area contributed by atoms with Crippen molar-refractivity contribution in [3.05, 3.63) is 87.7 Å². The van der Waals surface area contributed by atoms with Crippen molar-refractivity contribution in [2.24, 2.45) is 5.73 Å². The first kappa shape index (κ1) is 24.4. The van der Waals surface area contributed by atoms with Crippen molar-refractivity contribution in [1.82, 2.24) is 10.3 Å². The molecule has 0 unspecified atom stereocenters. The van der Waals surface area contributed by atoms with E-state index in [0.29, 0.717) is 30.1 Å². The first-order chi connectivity index (χ1) is 15.0. The Labute approximate surface area is 189 Å². The Morgan fingerprint density at radius 3 is 2.59 bits per heavy atom. The van der Waals surface area contributed by atoms with E-state index in [4.69, 9.17) is 10.5 Å². The van der Waals surface area contributed by atoms with E-state index >= 15 is 0 Å². The van der Waals surface area contributed by atoms with Crippen molar-refractivity contribution >= 4 is 35.6 Å². The number of H-pyrrole nitrogens is 1. The third-order valence-corrected chi connectivity index (χ3v) is 4.27. The summed E-state index contributed by atoms with van der Waals surface area (Å²) in [5.74, 6) is -0.349. The molecule has 0 aliphatic carbocycles. The minimum atomic E-state index is -0.589. The molecule has 0 bridgehead atoms. The van der Waals surface area contributed by atoms with Gasteiger partial charge < -0.3 is 26.1 Å². The number of amides is 2. The number of halogens is 1. The number of ether oxygens (including phenoxy) is 1. The molecule has 168 valence electrons. The molecule has 10 nitrogen and oxygen atoms in total. The first-order valence-corrected chi connectivity index (χ1v) is 9.41. The molecule has 32 heavy (non-hydrogen) atoms. The highest BCUT2D eigenvalue weighted by molar-refractivity contribution is 6.04. The third-order valence-electron chi connectivity index (χ3n) is 4.27. The summed E-state index contributed by atoms with van der Waals surface area (Å²) in [5, 5.41) is 16.2. The van der Waals surface area contributed by atoms with E-state index in [0.717, 1.165) is 17.8 Å². The maximum absolute atomic E-state index is 12.4. The summed E-state index contributed by atoms with van der Waals surface area (Å²) in [6.07, 6.45) is 1.15. The molecular formula is C21H22ClN5O5. The predicted octanol–water partition coefficient (Wildman–Crippen LogP) is 2.86. The van der Waals surface area contributed by atoms with Crippen LogP contribution in [-0.2, 0) is 6.61 Å². The monoisotopic (exact) mass is 459 g/mol. The molecule has 3 rings (SSSR count). The number of nitro groups is 1. The number of rotatable bonds is 9. The van der Waals surface area contributed by atoms with Crippen LogP contribution < -0.4 is 21.1 Å². The van der Waals surface area contributed by atoms with Gasteiger partial charge in [-0.1, -0.05) is 24.3 Å². The number of aromatic amines is 1. The summed E-state index contributed by atoms with van der Waals surface area (Å²) in [6.45, 7) is 0.905. The summed E-state index contributed by atoms with van der Waals surface area (Å²) in [4.78, 5) is 37.3. The smallest absolute Gasteiger partial charge is 0.287 e. The minimum Gasteiger partial charge on any atom is -0.487 e. The molecule has 2 amide bonds. The van der Waals surface area contributed by atoms with Gasteiger partial charge >= 0.3 is 0 Å². The normalized spacial score (nSPS) is 10.0. The van der Waals surface area contributed by atoms with Crippen LogP contribution in [0.5, 0.6) is 5.75 Å². The number of aromatic nitrogens is 1. The fourth-order valence-corrected chi connectivity index (χ4v) is 2.76. The third kappa shape index (κ3) is 6.30. The lowest BCUT2D eigenvalue weighted by Gasteiger charge is -2.13. The zero-order valence-corrected chi connectivity index (χ0v) is 17.7. The number of benzene rings is 2. The Morgan fingerprint density at radius 1 is 1.09 bits per heavy atom. The van der Waals surface area contributed by atoms with Gasteiger partial charge in [-0.05, 0) is 29.8 Å². The van der Waals surface area contributed by atoms with Crippen LogP contribution in [0.4, 0.5) is 11.4 Å². The summed E-state index contributed by atoms with van der Waals surface area (Å²) in [5.41, 5.74) is 6.91. The maximum Gasteiger partial charge on any atom is 0.287 e. The number of para-hydroxylation sites is 2. The molecule has 0 radical (unpaired) electrons. The van der Waals surface area contributed by atoms with Crippen LogP contribution in [-0.4, -0.2) is 34.8 Å². The standard InChI is InChI=1S/C21H21N5O5.ClH/c22-8-9-23-20(27)15-5-3-4-14(10-15)13-31-19-7-2-1-6-17(19)25-21(28)18-11-16(12-24-18)26(29)30;/h1-7,10-12,24H,8-9,13,22H2,(H,23,27)(H,25,28);1H. The fraction of sp³-hybridized carbons (Fsp3) is 0.143. The second-order valence-corrected chi connectivity index (χ2v) is 6.51. The van der Waals surface area contributed by atoms with Crippen LogP contribution >= 0.6 is 12.4 Å². The van der Waals surface area contributed by atoms with E-state index in [1.165, 1.54) is 0 Å². The number of carbonyl (C=O) groups is 2. The lowest BCUT2D eigenvalue weighted by atomic mass is 10.1. The molecule has 3 aromatic rings. The van der Waals surface area contributed by atoms with E-state index < -0.39 is 10.8 Å². The highest BCUT2D eigenvalue weighted by atomic mass is 35.5. The lowest BCUT2D eigenvalue weighted by Crippen LogP contribution is -2.29. The Bertz CT molecular complexity index is 1100. The minimum absolute atomic E-state index is 0. The molecule has 1 heterocycles. The van der Waals surface area contributed by atoms with Gasteiger partial charge in [0.2, 0.25) is 0 Å². The van der Waals surface area contributed by atoms with Crippen molar-refractivity contribution in [2.45, 2.75) is 6.61 Å². The zero-order chi connectivity index (χ0) is 22.2. The van der Waals surface area contributed by atoms with Gasteiger partial charge in [0.1, 0.15) is 18.1 Å². The first-order valence-electron chi connectivity index (χ1n) is 9.41. The summed E-state index contributed by atoms with van der Waals surface area (Å²) < 4.78 is 5.83. The largest absolute Gasteiger partial charge is 0.487 e. The van der Waals surface area contributed by atoms with Crippen LogP contribution in [0.25, 0.3) is 0 Å². The number of nitrogens with two attached hydrogens (primary N) is 1. The fourth-order valence-electron chi connectivity index (χ4n) is 2.76. The van der Waals surface area contributed by atoms with E-state index in [1.54, 1.807) is 42.5 Å². The Balaban J connectivity index is 0.00000363. The molecule has 0 spiro atoms. The second-order valence-electron chi connectivity index (χ2n) is 6.51. The Kier molecular flexibility index (Phi) is 8.75. The number of hydrogen-bond donors (Lipinski definition) is 4. The quantitative estimate of drug-likeness (QED) is 0.285. The highest BCUT2D eigenvalue weighted by Gasteiger charge is 2.16. The number of nitrogens with zero attached hydrogens (tertiary/aromatic N) is 1. The molecule has 1 aromatic heterocycles. The predicted molar refractivity (Wildman–Crippen MR) is 121 cm³/mol. The van der Waals surface area contributed by atoms with Crippen LogP contribution in [0, 0.1) is 10.1 Å². The average molecular weight is 460 g/mol. The van der Waals surface area contributed by atoms with Gasteiger partial charge in [-0.2, -0.15) is 0 Å². The maximum atomic E-state index is 12.4. The van der Waals surface area contributed by atoms with Crippen molar-refractivity contribution in [2.75, 3.05) is 18.4 Å². The van der Waals surface area contributed by atoms with Crippen LogP contribution in [0.1, 0.15) is 26.4 Å². The summed E-state index contributed by atoms with van der Waals surface area (Å²) >= 11 is 0. The van der Waals surface area contributed by atoms with E-state index in [-0.39, 0.29) is 36.3 Å². The summed E-state index contributed by atoms with van der Waals surface area (Å²) in [7, 11) is 0. The topological polar surface area (TPSA) is 152 Å². The molecule has 0 aliphatic rings. The highest BCUT2D eigenvalue weighted by Crippen LogP contribution is 2.26.